The van der Waals surface area contributed by atoms with E-state index in [1.165, 1.54) is 16.3 Å². The number of aromatic nitrogens is 2. The number of hydrogen-bond donors (Lipinski definition) is 2. The molecule has 0 aromatic carbocycles. The summed E-state index contributed by atoms with van der Waals surface area (Å²) in [4.78, 5) is 17.1. The van der Waals surface area contributed by atoms with Gasteiger partial charge >= 0.3 is 6.09 Å². The molecule has 0 unspecified atom stereocenters. The molecule has 6 nitrogen and oxygen atoms in total. The Morgan fingerprint density at radius 3 is 2.84 bits per heavy atom. The number of imidazole rings is 1. The zero-order valence-electron chi connectivity index (χ0n) is 11.2. The third kappa shape index (κ3) is 2.20. The van der Waals surface area contributed by atoms with Gasteiger partial charge in [-0.05, 0) is 19.8 Å². The Kier molecular flexibility index (Phi) is 3.18. The van der Waals surface area contributed by atoms with Gasteiger partial charge in [0.2, 0.25) is 0 Å². The lowest BCUT2D eigenvalue weighted by Gasteiger charge is -2.32. The summed E-state index contributed by atoms with van der Waals surface area (Å²) in [5, 5.41) is 12.3. The number of amides is 1. The largest absolute Gasteiger partial charge is 0.465 e. The van der Waals surface area contributed by atoms with Crippen LogP contribution in [0, 0.1) is 6.92 Å². The highest BCUT2D eigenvalue weighted by Gasteiger charge is 2.27. The first-order valence-electron chi connectivity index (χ1n) is 6.92. The van der Waals surface area contributed by atoms with Gasteiger partial charge in [0.1, 0.15) is 5.82 Å². The van der Waals surface area contributed by atoms with Crippen LogP contribution in [-0.4, -0.2) is 45.3 Å². The predicted octanol–water partition coefficient (Wildman–Crippen LogP) is 1.15. The number of carboxylic acid groups (broad SMARTS) is 1. The quantitative estimate of drug-likeness (QED) is 0.798. The molecule has 2 N–H and O–H groups in total. The summed E-state index contributed by atoms with van der Waals surface area (Å²) >= 11 is 0. The van der Waals surface area contributed by atoms with Gasteiger partial charge in [0.15, 0.2) is 0 Å². The first-order valence-corrected chi connectivity index (χ1v) is 6.92. The van der Waals surface area contributed by atoms with Crippen LogP contribution in [0.15, 0.2) is 0 Å². The van der Waals surface area contributed by atoms with Gasteiger partial charge in [-0.15, -0.1) is 0 Å². The standard InChI is InChI=1S/C13H20N4O2/c1-9-15-11-8-14-5-2-12(11)17(9)10-3-6-16(7-4-10)13(18)19/h10,14H,2-8H2,1H3,(H,18,19). The van der Waals surface area contributed by atoms with Crippen molar-refractivity contribution in [1.29, 1.82) is 0 Å². The second-order valence-electron chi connectivity index (χ2n) is 5.35. The summed E-state index contributed by atoms with van der Waals surface area (Å²) in [6, 6.07) is 0.407. The van der Waals surface area contributed by atoms with Crippen LogP contribution in [0.4, 0.5) is 4.79 Å². The van der Waals surface area contributed by atoms with Crippen LogP contribution in [0.1, 0.15) is 36.1 Å². The second-order valence-corrected chi connectivity index (χ2v) is 5.35. The lowest BCUT2D eigenvalue weighted by molar-refractivity contribution is 0.125. The summed E-state index contributed by atoms with van der Waals surface area (Å²) in [6.45, 7) is 5.18. The van der Waals surface area contributed by atoms with Crippen LogP contribution in [0.5, 0.6) is 0 Å². The summed E-state index contributed by atoms with van der Waals surface area (Å²) in [5.74, 6) is 1.07. The van der Waals surface area contributed by atoms with Crippen molar-refractivity contribution in [2.45, 2.75) is 38.8 Å². The van der Waals surface area contributed by atoms with Gasteiger partial charge in [0, 0.05) is 44.3 Å². The van der Waals surface area contributed by atoms with Crippen LogP contribution in [-0.2, 0) is 13.0 Å². The Labute approximate surface area is 112 Å². The molecule has 3 heterocycles. The normalized spacial score (nSPS) is 20.4. The molecule has 6 heteroatoms. The minimum absolute atomic E-state index is 0.407. The van der Waals surface area contributed by atoms with E-state index in [0.29, 0.717) is 19.1 Å². The molecule has 1 aromatic heterocycles. The first-order chi connectivity index (χ1) is 9.16. The Balaban J connectivity index is 1.80. The molecule has 1 amide bonds. The van der Waals surface area contributed by atoms with E-state index in [1.54, 1.807) is 0 Å². The molecule has 1 saturated heterocycles. The minimum Gasteiger partial charge on any atom is -0.465 e. The van der Waals surface area contributed by atoms with Crippen LogP contribution in [0.3, 0.4) is 0 Å². The number of piperidine rings is 1. The molecule has 2 aliphatic heterocycles. The number of fused-ring (bicyclic) bond motifs is 1. The topological polar surface area (TPSA) is 70.4 Å². The molecule has 1 fully saturated rings. The Morgan fingerprint density at radius 2 is 2.16 bits per heavy atom. The van der Waals surface area contributed by atoms with Gasteiger partial charge in [0.05, 0.1) is 5.69 Å². The van der Waals surface area contributed by atoms with Gasteiger partial charge in [0.25, 0.3) is 0 Å². The molecule has 1 aromatic rings. The Hall–Kier alpha value is -1.56. The smallest absolute Gasteiger partial charge is 0.407 e. The fraction of sp³-hybridized carbons (Fsp3) is 0.692. The summed E-state index contributed by atoms with van der Waals surface area (Å²) < 4.78 is 2.36. The van der Waals surface area contributed by atoms with E-state index in [2.05, 4.69) is 21.8 Å². The maximum atomic E-state index is 10.9. The fourth-order valence-electron chi connectivity index (χ4n) is 3.27. The molecule has 0 radical (unpaired) electrons. The summed E-state index contributed by atoms with van der Waals surface area (Å²) in [7, 11) is 0. The van der Waals surface area contributed by atoms with Crippen molar-refractivity contribution in [3.05, 3.63) is 17.2 Å². The zero-order chi connectivity index (χ0) is 13.4. The van der Waals surface area contributed by atoms with Crippen LogP contribution >= 0.6 is 0 Å². The van der Waals surface area contributed by atoms with Gasteiger partial charge in [-0.3, -0.25) is 0 Å². The number of hydrogen-bond acceptors (Lipinski definition) is 3. The van der Waals surface area contributed by atoms with Crippen molar-refractivity contribution in [1.82, 2.24) is 19.8 Å². The van der Waals surface area contributed by atoms with Crippen LogP contribution in [0.2, 0.25) is 0 Å². The first kappa shape index (κ1) is 12.5. The van der Waals surface area contributed by atoms with Crippen molar-refractivity contribution in [3.63, 3.8) is 0 Å². The maximum Gasteiger partial charge on any atom is 0.407 e. The van der Waals surface area contributed by atoms with Crippen LogP contribution in [0.25, 0.3) is 0 Å². The monoisotopic (exact) mass is 264 g/mol. The van der Waals surface area contributed by atoms with Crippen molar-refractivity contribution in [3.8, 4) is 0 Å². The predicted molar refractivity (Wildman–Crippen MR) is 70.2 cm³/mol. The molecule has 19 heavy (non-hydrogen) atoms. The molecule has 0 saturated carbocycles. The number of nitrogens with zero attached hydrogens (tertiary/aromatic N) is 3. The fourth-order valence-corrected chi connectivity index (χ4v) is 3.27. The van der Waals surface area contributed by atoms with Gasteiger partial charge in [-0.25, -0.2) is 9.78 Å². The molecule has 2 aliphatic rings. The van der Waals surface area contributed by atoms with Crippen molar-refractivity contribution in [2.75, 3.05) is 19.6 Å². The number of rotatable bonds is 1. The van der Waals surface area contributed by atoms with Crippen LogP contribution < -0.4 is 5.32 Å². The molecule has 3 rings (SSSR count). The molecule has 0 aliphatic carbocycles. The minimum atomic E-state index is -0.799. The van der Waals surface area contributed by atoms with Crippen molar-refractivity contribution in [2.24, 2.45) is 0 Å². The van der Waals surface area contributed by atoms with Crippen molar-refractivity contribution < 1.29 is 9.90 Å². The highest BCUT2D eigenvalue weighted by molar-refractivity contribution is 5.65. The lowest BCUT2D eigenvalue weighted by Crippen LogP contribution is -2.38. The highest BCUT2D eigenvalue weighted by atomic mass is 16.4. The number of nitrogens with one attached hydrogen (secondary N) is 1. The average molecular weight is 264 g/mol. The Morgan fingerprint density at radius 1 is 1.42 bits per heavy atom. The van der Waals surface area contributed by atoms with E-state index in [0.717, 1.165) is 38.2 Å². The SMILES string of the molecule is Cc1nc2c(n1C1CCN(C(=O)O)CC1)CCNC2. The molecular formula is C13H20N4O2. The third-order valence-corrected chi connectivity index (χ3v) is 4.20. The van der Waals surface area contributed by atoms with E-state index >= 15 is 0 Å². The van der Waals surface area contributed by atoms with E-state index < -0.39 is 6.09 Å². The number of carbonyl (C=O) groups is 1. The average Bonchev–Trinajstić information content (AvgIpc) is 2.74. The second kappa shape index (κ2) is 4.85. The van der Waals surface area contributed by atoms with E-state index in [1.807, 2.05) is 0 Å². The van der Waals surface area contributed by atoms with Gasteiger partial charge < -0.3 is 19.9 Å². The Bertz CT molecular complexity index is 489. The van der Waals surface area contributed by atoms with E-state index in [9.17, 15) is 4.79 Å². The van der Waals surface area contributed by atoms with E-state index in [-0.39, 0.29) is 0 Å². The maximum absolute atomic E-state index is 10.9. The third-order valence-electron chi connectivity index (χ3n) is 4.20. The van der Waals surface area contributed by atoms with Crippen molar-refractivity contribution >= 4 is 6.09 Å². The lowest BCUT2D eigenvalue weighted by atomic mass is 10.0. The molecule has 0 atom stereocenters. The molecule has 0 bridgehead atoms. The molecule has 0 spiro atoms. The van der Waals surface area contributed by atoms with E-state index in [4.69, 9.17) is 5.11 Å². The summed E-state index contributed by atoms with van der Waals surface area (Å²) in [5.41, 5.74) is 2.52. The number of likely N-dealkylation sites (tertiary alicyclic amines) is 1. The van der Waals surface area contributed by atoms with Gasteiger partial charge in [-0.1, -0.05) is 0 Å². The molecular weight excluding hydrogens is 244 g/mol. The highest BCUT2D eigenvalue weighted by Crippen LogP contribution is 2.28. The number of aryl methyl sites for hydroxylation is 1. The zero-order valence-corrected chi connectivity index (χ0v) is 11.2. The van der Waals surface area contributed by atoms with Gasteiger partial charge in [-0.2, -0.15) is 0 Å². The molecule has 104 valence electrons. The summed E-state index contributed by atoms with van der Waals surface area (Å²) in [6.07, 6.45) is 2.01.